The molecule has 9 heteroatoms. The molecule has 0 atom stereocenters. The minimum Gasteiger partial charge on any atom is -0.444 e. The number of benzene rings is 1. The fraction of sp³-hybridized carbons (Fsp3) is 0.400. The molecule has 1 amide bonds. The Balaban J connectivity index is 1.32. The van der Waals surface area contributed by atoms with Crippen LogP contribution in [0, 0.1) is 0 Å². The van der Waals surface area contributed by atoms with Gasteiger partial charge < -0.3 is 19.1 Å². The van der Waals surface area contributed by atoms with Crippen molar-refractivity contribution in [1.82, 2.24) is 14.5 Å². The van der Waals surface area contributed by atoms with Crippen LogP contribution in [0.5, 0.6) is 0 Å². The van der Waals surface area contributed by atoms with Crippen molar-refractivity contribution in [3.63, 3.8) is 0 Å². The number of amides is 1. The number of likely N-dealkylation sites (N-methyl/N-ethyl adjacent to an activating group) is 1. The van der Waals surface area contributed by atoms with Gasteiger partial charge in [0, 0.05) is 72.7 Å². The van der Waals surface area contributed by atoms with Gasteiger partial charge in [0.25, 0.3) is 0 Å². The monoisotopic (exact) mass is 542 g/mol. The molecule has 4 aliphatic rings. The minimum atomic E-state index is -0.503. The lowest BCUT2D eigenvalue weighted by molar-refractivity contribution is 0.00152. The molecule has 0 saturated carbocycles. The number of likely N-dealkylation sites (tertiary alicyclic amines) is 1. The Hall–Kier alpha value is -3.59. The molecule has 5 heterocycles. The standard InChI is InChI=1S/C30H34N6O2S/c1-30(2,3)38-29(37)34-16-20(17-34)35-18-23-22-15-26-19(11-13-33(26)4)14-24(22)32-36(39-21-8-6-5-7-9-21)25-10-12-31-28(35)27(23)25/h6,8-10,12,14-15,18,20,32H,5,7,11,13,16-17H2,1-4H3. The van der Waals surface area contributed by atoms with E-state index in [1.54, 1.807) is 16.8 Å². The second-order valence-electron chi connectivity index (χ2n) is 11.8. The molecule has 1 fully saturated rings. The average molecular weight is 543 g/mol. The van der Waals surface area contributed by atoms with Crippen LogP contribution >= 0.6 is 11.9 Å². The molecule has 3 aliphatic heterocycles. The number of aromatic nitrogens is 2. The van der Waals surface area contributed by atoms with Gasteiger partial charge in [-0.2, -0.15) is 0 Å². The average Bonchev–Trinajstić information content (AvgIpc) is 3.38. The quantitative estimate of drug-likeness (QED) is 0.378. The number of allylic oxidation sites excluding steroid dienone is 3. The highest BCUT2D eigenvalue weighted by atomic mass is 32.2. The number of hydrazine groups is 1. The Bertz CT molecular complexity index is 1540. The van der Waals surface area contributed by atoms with Crippen LogP contribution in [0.2, 0.25) is 0 Å². The van der Waals surface area contributed by atoms with Gasteiger partial charge >= 0.3 is 6.09 Å². The molecule has 7 rings (SSSR count). The molecule has 202 valence electrons. The normalized spacial score (nSPS) is 18.4. The first-order valence-corrected chi connectivity index (χ1v) is 14.5. The molecular formula is C30H34N6O2S. The predicted molar refractivity (Wildman–Crippen MR) is 159 cm³/mol. The zero-order chi connectivity index (χ0) is 26.9. The van der Waals surface area contributed by atoms with E-state index in [-0.39, 0.29) is 12.1 Å². The number of pyridine rings is 1. The molecule has 1 aliphatic carbocycles. The van der Waals surface area contributed by atoms with E-state index in [1.165, 1.54) is 27.3 Å². The summed E-state index contributed by atoms with van der Waals surface area (Å²) in [4.78, 5) is 22.9. The minimum absolute atomic E-state index is 0.148. The second kappa shape index (κ2) is 8.98. The molecular weight excluding hydrogens is 508 g/mol. The Morgan fingerprint density at radius 3 is 2.77 bits per heavy atom. The maximum absolute atomic E-state index is 12.6. The number of rotatable bonds is 3. The van der Waals surface area contributed by atoms with Crippen LogP contribution in [0.4, 0.5) is 21.9 Å². The van der Waals surface area contributed by atoms with Gasteiger partial charge in [-0.15, -0.1) is 0 Å². The van der Waals surface area contributed by atoms with Crippen molar-refractivity contribution in [2.45, 2.75) is 51.7 Å². The SMILES string of the molecule is CN1CCc2cc3c(cc21)-c1cn(C2CN(C(=O)OC(C)(C)C)C2)c2nccc(c12)N(SC1=CCCC=C1)N3. The summed E-state index contributed by atoms with van der Waals surface area (Å²) in [5, 5.41) is 1.13. The van der Waals surface area contributed by atoms with Gasteiger partial charge in [-0.25, -0.2) is 14.2 Å². The first-order chi connectivity index (χ1) is 18.7. The van der Waals surface area contributed by atoms with E-state index in [1.807, 2.05) is 27.0 Å². The van der Waals surface area contributed by atoms with Crippen LogP contribution in [-0.2, 0) is 11.2 Å². The number of hydrogen-bond acceptors (Lipinski definition) is 7. The van der Waals surface area contributed by atoms with Crippen LogP contribution in [0.3, 0.4) is 0 Å². The number of carbonyl (C=O) groups excluding carboxylic acids is 1. The Morgan fingerprint density at radius 2 is 2.00 bits per heavy atom. The van der Waals surface area contributed by atoms with E-state index < -0.39 is 5.60 Å². The Labute approximate surface area is 233 Å². The van der Waals surface area contributed by atoms with Gasteiger partial charge in [0.1, 0.15) is 11.2 Å². The highest BCUT2D eigenvalue weighted by Crippen LogP contribution is 2.49. The van der Waals surface area contributed by atoms with Crippen molar-refractivity contribution < 1.29 is 9.53 Å². The lowest BCUT2D eigenvalue weighted by Gasteiger charge is -2.40. The van der Waals surface area contributed by atoms with E-state index in [9.17, 15) is 4.79 Å². The second-order valence-corrected chi connectivity index (χ2v) is 12.8. The number of fused-ring (bicyclic) bond motifs is 3. The maximum atomic E-state index is 12.6. The Morgan fingerprint density at radius 1 is 1.15 bits per heavy atom. The summed E-state index contributed by atoms with van der Waals surface area (Å²) < 4.78 is 10.1. The number of carbonyl (C=O) groups is 1. The number of nitrogens with zero attached hydrogens (tertiary/aromatic N) is 5. The lowest BCUT2D eigenvalue weighted by atomic mass is 10.00. The number of anilines is 3. The molecule has 2 aromatic heterocycles. The van der Waals surface area contributed by atoms with Crippen molar-refractivity contribution in [3.05, 3.63) is 59.3 Å². The van der Waals surface area contributed by atoms with E-state index >= 15 is 0 Å². The summed E-state index contributed by atoms with van der Waals surface area (Å²) in [5.74, 6) is 0. The lowest BCUT2D eigenvalue weighted by Crippen LogP contribution is -2.52. The smallest absolute Gasteiger partial charge is 0.410 e. The van der Waals surface area contributed by atoms with Crippen LogP contribution in [0.25, 0.3) is 22.2 Å². The molecule has 0 unspecified atom stereocenters. The molecule has 1 saturated heterocycles. The van der Waals surface area contributed by atoms with Gasteiger partial charge in [0.15, 0.2) is 0 Å². The molecule has 3 aromatic rings. The van der Waals surface area contributed by atoms with Crippen molar-refractivity contribution >= 4 is 46.1 Å². The third-order valence-electron chi connectivity index (χ3n) is 7.83. The van der Waals surface area contributed by atoms with Crippen LogP contribution < -0.4 is 14.7 Å². The first-order valence-electron chi connectivity index (χ1n) is 13.7. The van der Waals surface area contributed by atoms with Crippen LogP contribution in [0.15, 0.2) is 53.7 Å². The van der Waals surface area contributed by atoms with Crippen molar-refractivity contribution in [2.75, 3.05) is 41.4 Å². The van der Waals surface area contributed by atoms with Crippen molar-refractivity contribution in [1.29, 1.82) is 0 Å². The summed E-state index contributed by atoms with van der Waals surface area (Å²) in [6, 6.07) is 6.91. The third-order valence-corrected chi connectivity index (χ3v) is 8.82. The van der Waals surface area contributed by atoms with Crippen LogP contribution in [-0.4, -0.2) is 52.8 Å². The number of ether oxygens (including phenoxy) is 1. The molecule has 1 N–H and O–H groups in total. The molecule has 0 radical (unpaired) electrons. The fourth-order valence-electron chi connectivity index (χ4n) is 5.84. The van der Waals surface area contributed by atoms with Gasteiger partial charge in [-0.05, 0) is 63.8 Å². The summed E-state index contributed by atoms with van der Waals surface area (Å²) in [5.41, 5.74) is 11.4. The van der Waals surface area contributed by atoms with E-state index in [4.69, 9.17) is 9.72 Å². The summed E-state index contributed by atoms with van der Waals surface area (Å²) in [6.07, 6.45) is 13.8. The zero-order valence-corrected chi connectivity index (χ0v) is 23.7. The molecule has 39 heavy (non-hydrogen) atoms. The van der Waals surface area contributed by atoms with Gasteiger partial charge in [-0.3, -0.25) is 5.43 Å². The molecule has 8 nitrogen and oxygen atoms in total. The molecule has 1 aromatic carbocycles. The summed E-state index contributed by atoms with van der Waals surface area (Å²) >= 11 is 1.72. The molecule has 0 spiro atoms. The van der Waals surface area contributed by atoms with Crippen molar-refractivity contribution in [2.24, 2.45) is 0 Å². The first kappa shape index (κ1) is 24.5. The zero-order valence-electron chi connectivity index (χ0n) is 22.9. The topological polar surface area (TPSA) is 65.9 Å². The van der Waals surface area contributed by atoms with Gasteiger partial charge in [-0.1, -0.05) is 18.2 Å². The fourth-order valence-corrected chi connectivity index (χ4v) is 6.79. The van der Waals surface area contributed by atoms with Gasteiger partial charge in [0.05, 0.1) is 22.8 Å². The van der Waals surface area contributed by atoms with E-state index in [0.717, 1.165) is 48.2 Å². The molecule has 0 bridgehead atoms. The number of hydrogen-bond donors (Lipinski definition) is 1. The largest absolute Gasteiger partial charge is 0.444 e. The van der Waals surface area contributed by atoms with Crippen molar-refractivity contribution in [3.8, 4) is 11.1 Å². The maximum Gasteiger partial charge on any atom is 0.410 e. The highest BCUT2D eigenvalue weighted by molar-refractivity contribution is 8.04. The highest BCUT2D eigenvalue weighted by Gasteiger charge is 2.37. The predicted octanol–water partition coefficient (Wildman–Crippen LogP) is 6.52. The van der Waals surface area contributed by atoms with Crippen LogP contribution in [0.1, 0.15) is 45.2 Å². The number of nitrogens with one attached hydrogen (secondary N) is 1. The Kier molecular flexibility index (Phi) is 5.63. The van der Waals surface area contributed by atoms with E-state index in [2.05, 4.69) is 69.0 Å². The van der Waals surface area contributed by atoms with E-state index in [0.29, 0.717) is 13.1 Å². The summed E-state index contributed by atoms with van der Waals surface area (Å²) in [7, 11) is 2.17. The summed E-state index contributed by atoms with van der Waals surface area (Å²) in [6.45, 7) is 7.96. The third kappa shape index (κ3) is 4.23. The van der Waals surface area contributed by atoms with Gasteiger partial charge in [0.2, 0.25) is 0 Å².